The Morgan fingerprint density at radius 1 is 1.30 bits per heavy atom. The fourth-order valence-electron chi connectivity index (χ4n) is 2.46. The topological polar surface area (TPSA) is 72.4 Å². The third-order valence-corrected chi connectivity index (χ3v) is 4.17. The molecule has 1 heterocycles. The largest absolute Gasteiger partial charge is 0.361 e. The molecule has 0 saturated carbocycles. The van der Waals surface area contributed by atoms with Crippen LogP contribution in [0, 0.1) is 6.92 Å². The zero-order chi connectivity index (χ0) is 16.8. The minimum absolute atomic E-state index is 0.386. The van der Waals surface area contributed by atoms with Crippen LogP contribution >= 0.6 is 11.6 Å². The van der Waals surface area contributed by atoms with Crippen LogP contribution in [-0.4, -0.2) is 29.2 Å². The Hall–Kier alpha value is -2.01. The van der Waals surface area contributed by atoms with Crippen LogP contribution in [0.1, 0.15) is 29.5 Å². The first kappa shape index (κ1) is 17.3. The van der Waals surface area contributed by atoms with Crippen molar-refractivity contribution in [2.75, 3.05) is 13.1 Å². The van der Waals surface area contributed by atoms with E-state index in [0.717, 1.165) is 46.9 Å². The number of amides is 2. The first-order chi connectivity index (χ1) is 11.0. The zero-order valence-electron chi connectivity index (χ0n) is 13.5. The summed E-state index contributed by atoms with van der Waals surface area (Å²) in [5.74, 6) is 0.811. The summed E-state index contributed by atoms with van der Waals surface area (Å²) in [6, 6.07) is 7.53. The predicted octanol–water partition coefficient (Wildman–Crippen LogP) is 3.36. The highest BCUT2D eigenvalue weighted by Gasteiger charge is 2.09. The summed E-state index contributed by atoms with van der Waals surface area (Å²) in [5, 5.41) is 4.74. The van der Waals surface area contributed by atoms with E-state index in [2.05, 4.69) is 11.2 Å². The highest BCUT2D eigenvalue weighted by molar-refractivity contribution is 6.31. The molecule has 0 aliphatic rings. The van der Waals surface area contributed by atoms with E-state index in [0.29, 0.717) is 13.1 Å². The molecule has 0 atom stereocenters. The normalized spacial score (nSPS) is 10.7. The molecular weight excluding hydrogens is 314 g/mol. The highest BCUT2D eigenvalue weighted by atomic mass is 35.5. The minimum Gasteiger partial charge on any atom is -0.361 e. The lowest BCUT2D eigenvalue weighted by molar-refractivity contribution is 0.211. The molecule has 0 saturated heterocycles. The van der Waals surface area contributed by atoms with Crippen molar-refractivity contribution in [3.63, 3.8) is 0 Å². The third kappa shape index (κ3) is 4.99. The molecule has 2 N–H and O–H groups in total. The minimum atomic E-state index is -0.386. The maximum absolute atomic E-state index is 11.2. The van der Waals surface area contributed by atoms with Gasteiger partial charge in [-0.05, 0) is 50.3 Å². The van der Waals surface area contributed by atoms with Crippen molar-refractivity contribution in [1.29, 1.82) is 0 Å². The number of benzene rings is 1. The molecule has 23 heavy (non-hydrogen) atoms. The predicted molar refractivity (Wildman–Crippen MR) is 90.6 cm³/mol. The monoisotopic (exact) mass is 335 g/mol. The van der Waals surface area contributed by atoms with Gasteiger partial charge < -0.3 is 15.2 Å². The van der Waals surface area contributed by atoms with Gasteiger partial charge in [0.1, 0.15) is 5.76 Å². The Morgan fingerprint density at radius 3 is 2.70 bits per heavy atom. The van der Waals surface area contributed by atoms with Gasteiger partial charge in [-0.1, -0.05) is 28.9 Å². The summed E-state index contributed by atoms with van der Waals surface area (Å²) in [5.41, 5.74) is 8.47. The van der Waals surface area contributed by atoms with Gasteiger partial charge in [-0.15, -0.1) is 0 Å². The first-order valence-corrected chi connectivity index (χ1v) is 8.11. The van der Waals surface area contributed by atoms with Gasteiger partial charge >= 0.3 is 6.03 Å². The Bertz CT molecular complexity index is 670. The molecule has 0 aliphatic heterocycles. The van der Waals surface area contributed by atoms with Crippen LogP contribution in [0.2, 0.25) is 5.02 Å². The summed E-state index contributed by atoms with van der Waals surface area (Å²) >= 11 is 6.28. The van der Waals surface area contributed by atoms with Crippen molar-refractivity contribution in [2.24, 2.45) is 5.73 Å². The van der Waals surface area contributed by atoms with E-state index in [4.69, 9.17) is 21.9 Å². The molecule has 0 fully saturated rings. The number of primary amides is 1. The number of rotatable bonds is 7. The van der Waals surface area contributed by atoms with E-state index in [1.54, 1.807) is 4.90 Å². The first-order valence-electron chi connectivity index (χ1n) is 7.73. The second kappa shape index (κ2) is 8.02. The van der Waals surface area contributed by atoms with E-state index in [1.807, 2.05) is 32.0 Å². The van der Waals surface area contributed by atoms with Gasteiger partial charge in [0.25, 0.3) is 0 Å². The molecule has 1 aromatic heterocycles. The lowest BCUT2D eigenvalue weighted by Gasteiger charge is -2.18. The van der Waals surface area contributed by atoms with Crippen molar-refractivity contribution < 1.29 is 9.32 Å². The maximum Gasteiger partial charge on any atom is 0.314 e. The summed E-state index contributed by atoms with van der Waals surface area (Å²) in [6.45, 7) is 5.01. The molecule has 0 bridgehead atoms. The second-order valence-electron chi connectivity index (χ2n) is 5.52. The number of aromatic nitrogens is 1. The van der Waals surface area contributed by atoms with Crippen LogP contribution < -0.4 is 5.73 Å². The number of likely N-dealkylation sites (N-methyl/N-ethyl adjacent to an activating group) is 1. The second-order valence-corrected chi connectivity index (χ2v) is 5.93. The standard InChI is InChI=1S/C17H22ClN3O2/c1-3-21(17(19)22)9-8-13-4-7-16(18)14(11-13)5-6-15-10-12(2)23-20-15/h4,7,10-11H,3,5-6,8-9H2,1-2H3,(H2,19,22). The number of carbonyl (C=O) groups is 1. The molecule has 2 rings (SSSR count). The van der Waals surface area contributed by atoms with Crippen LogP contribution in [0.5, 0.6) is 0 Å². The quantitative estimate of drug-likeness (QED) is 0.843. The third-order valence-electron chi connectivity index (χ3n) is 3.80. The van der Waals surface area contributed by atoms with Crippen LogP contribution in [0.25, 0.3) is 0 Å². The molecule has 2 aromatic rings. The fourth-order valence-corrected chi connectivity index (χ4v) is 2.67. The number of hydrogen-bond acceptors (Lipinski definition) is 3. The summed E-state index contributed by atoms with van der Waals surface area (Å²) in [7, 11) is 0. The number of hydrogen-bond donors (Lipinski definition) is 1. The summed E-state index contributed by atoms with van der Waals surface area (Å²) in [4.78, 5) is 12.9. The van der Waals surface area contributed by atoms with Crippen LogP contribution in [0.15, 0.2) is 28.8 Å². The van der Waals surface area contributed by atoms with Crippen molar-refractivity contribution in [3.05, 3.63) is 51.9 Å². The molecule has 0 aliphatic carbocycles. The zero-order valence-corrected chi connectivity index (χ0v) is 14.3. The number of urea groups is 1. The van der Waals surface area contributed by atoms with Crippen molar-refractivity contribution in [3.8, 4) is 0 Å². The molecule has 0 radical (unpaired) electrons. The number of carbonyl (C=O) groups excluding carboxylic acids is 1. The fraction of sp³-hybridized carbons (Fsp3) is 0.412. The summed E-state index contributed by atoms with van der Waals surface area (Å²) < 4.78 is 5.07. The van der Waals surface area contributed by atoms with E-state index in [-0.39, 0.29) is 6.03 Å². The van der Waals surface area contributed by atoms with Gasteiger partial charge in [-0.2, -0.15) is 0 Å². The number of nitrogens with two attached hydrogens (primary N) is 1. The molecule has 5 nitrogen and oxygen atoms in total. The van der Waals surface area contributed by atoms with E-state index >= 15 is 0 Å². The van der Waals surface area contributed by atoms with Gasteiger partial charge in [0.05, 0.1) is 5.69 Å². The van der Waals surface area contributed by atoms with Gasteiger partial charge in [-0.3, -0.25) is 0 Å². The van der Waals surface area contributed by atoms with Gasteiger partial charge in [-0.25, -0.2) is 4.79 Å². The molecule has 124 valence electrons. The van der Waals surface area contributed by atoms with Crippen LogP contribution in [-0.2, 0) is 19.3 Å². The average Bonchev–Trinajstić information content (AvgIpc) is 2.93. The van der Waals surface area contributed by atoms with Crippen molar-refractivity contribution >= 4 is 17.6 Å². The Balaban J connectivity index is 1.99. The smallest absolute Gasteiger partial charge is 0.314 e. The number of nitrogens with zero attached hydrogens (tertiary/aromatic N) is 2. The summed E-state index contributed by atoms with van der Waals surface area (Å²) in [6.07, 6.45) is 2.33. The number of aryl methyl sites for hydroxylation is 3. The van der Waals surface area contributed by atoms with Crippen molar-refractivity contribution in [1.82, 2.24) is 10.1 Å². The molecular formula is C17H22ClN3O2. The number of halogens is 1. The van der Waals surface area contributed by atoms with Crippen LogP contribution in [0.3, 0.4) is 0 Å². The van der Waals surface area contributed by atoms with E-state index in [1.165, 1.54) is 0 Å². The maximum atomic E-state index is 11.2. The SMILES string of the molecule is CCN(CCc1ccc(Cl)c(CCc2cc(C)on2)c1)C(N)=O. The molecule has 6 heteroatoms. The van der Waals surface area contributed by atoms with Gasteiger partial charge in [0.2, 0.25) is 0 Å². The van der Waals surface area contributed by atoms with Crippen molar-refractivity contribution in [2.45, 2.75) is 33.1 Å². The Morgan fingerprint density at radius 2 is 2.09 bits per heavy atom. The van der Waals surface area contributed by atoms with E-state index in [9.17, 15) is 4.79 Å². The van der Waals surface area contributed by atoms with E-state index < -0.39 is 0 Å². The molecule has 0 spiro atoms. The Kier molecular flexibility index (Phi) is 6.04. The highest BCUT2D eigenvalue weighted by Crippen LogP contribution is 2.20. The average molecular weight is 336 g/mol. The lowest BCUT2D eigenvalue weighted by atomic mass is 10.0. The molecule has 2 amide bonds. The lowest BCUT2D eigenvalue weighted by Crippen LogP contribution is -2.36. The van der Waals surface area contributed by atoms with Gasteiger partial charge in [0, 0.05) is 24.2 Å². The van der Waals surface area contributed by atoms with Crippen LogP contribution in [0.4, 0.5) is 4.79 Å². The molecule has 1 aromatic carbocycles. The molecule has 0 unspecified atom stereocenters. The van der Waals surface area contributed by atoms with Gasteiger partial charge in [0.15, 0.2) is 0 Å². The Labute approximate surface area is 141 Å².